The van der Waals surface area contributed by atoms with Crippen LogP contribution < -0.4 is 10.7 Å². The fraction of sp³-hybridized carbons (Fsp3) is 0.250. The molecule has 152 valence electrons. The van der Waals surface area contributed by atoms with Crippen molar-refractivity contribution in [3.05, 3.63) is 74.3 Å². The summed E-state index contributed by atoms with van der Waals surface area (Å²) in [6.45, 7) is 5.21. The van der Waals surface area contributed by atoms with Gasteiger partial charge in [-0.3, -0.25) is 19.7 Å². The molecule has 0 bridgehead atoms. The Balaban J connectivity index is 2.06. The predicted molar refractivity (Wildman–Crippen MR) is 111 cm³/mol. The molecule has 2 amide bonds. The number of halogens is 1. The number of nitrogens with zero attached hydrogens (tertiary/aromatic N) is 2. The van der Waals surface area contributed by atoms with Crippen LogP contribution in [0.2, 0.25) is 5.02 Å². The molecule has 0 heterocycles. The number of carbonyl (C=O) groups excluding carboxylic acids is 2. The Kier molecular flexibility index (Phi) is 7.44. The van der Waals surface area contributed by atoms with E-state index < -0.39 is 22.8 Å². The van der Waals surface area contributed by atoms with Crippen LogP contribution in [0.4, 0.5) is 5.69 Å². The number of rotatable bonds is 7. The van der Waals surface area contributed by atoms with E-state index in [0.717, 1.165) is 0 Å². The van der Waals surface area contributed by atoms with E-state index in [1.54, 1.807) is 51.1 Å². The Hall–Kier alpha value is -3.26. The van der Waals surface area contributed by atoms with Gasteiger partial charge in [0.1, 0.15) is 6.04 Å². The number of hydrazone groups is 1. The largest absolute Gasteiger partial charge is 0.340 e. The lowest BCUT2D eigenvalue weighted by Gasteiger charge is -2.20. The molecule has 2 N–H and O–H groups in total. The molecule has 2 rings (SSSR count). The molecular weight excluding hydrogens is 396 g/mol. The van der Waals surface area contributed by atoms with Crippen molar-refractivity contribution in [2.45, 2.75) is 26.8 Å². The first-order valence-electron chi connectivity index (χ1n) is 8.83. The molecule has 0 aliphatic rings. The monoisotopic (exact) mass is 416 g/mol. The number of amides is 2. The summed E-state index contributed by atoms with van der Waals surface area (Å²) < 4.78 is 0. The number of nitro benzene ring substituents is 1. The van der Waals surface area contributed by atoms with E-state index in [0.29, 0.717) is 21.7 Å². The Labute approximate surface area is 173 Å². The van der Waals surface area contributed by atoms with Crippen molar-refractivity contribution in [1.29, 1.82) is 0 Å². The molecular formula is C20H21ClN4O4. The van der Waals surface area contributed by atoms with Crippen LogP contribution in [0.1, 0.15) is 35.3 Å². The van der Waals surface area contributed by atoms with Crippen LogP contribution in [0.3, 0.4) is 0 Å². The molecule has 0 aliphatic carbocycles. The smallest absolute Gasteiger partial charge is 0.272 e. The Bertz CT molecular complexity index is 959. The summed E-state index contributed by atoms with van der Waals surface area (Å²) in [6.07, 6.45) is 1.31. The van der Waals surface area contributed by atoms with Gasteiger partial charge in [0.15, 0.2) is 0 Å². The molecule has 0 radical (unpaired) electrons. The molecule has 0 aliphatic heterocycles. The van der Waals surface area contributed by atoms with Crippen molar-refractivity contribution in [3.8, 4) is 0 Å². The molecule has 0 spiro atoms. The first-order valence-corrected chi connectivity index (χ1v) is 9.21. The molecule has 2 aromatic carbocycles. The van der Waals surface area contributed by atoms with Crippen LogP contribution in [0.5, 0.6) is 0 Å². The normalized spacial score (nSPS) is 12.0. The Morgan fingerprint density at radius 3 is 2.55 bits per heavy atom. The van der Waals surface area contributed by atoms with Gasteiger partial charge in [-0.15, -0.1) is 0 Å². The standard InChI is InChI=1S/C20H21ClN4O4/c1-12(2)18(23-19(26)15-5-4-6-16(21)10-15)20(27)24-22-11-14-8-7-13(3)17(9-14)25(28)29/h4-12,18H,1-3H3,(H,23,26)(H,24,27). The van der Waals surface area contributed by atoms with Crippen LogP contribution in [-0.4, -0.2) is 29.0 Å². The Morgan fingerprint density at radius 2 is 1.93 bits per heavy atom. The van der Waals surface area contributed by atoms with E-state index in [1.165, 1.54) is 18.3 Å². The van der Waals surface area contributed by atoms with Crippen molar-refractivity contribution < 1.29 is 14.5 Å². The second kappa shape index (κ2) is 9.79. The second-order valence-electron chi connectivity index (χ2n) is 6.74. The molecule has 1 atom stereocenters. The van der Waals surface area contributed by atoms with E-state index in [2.05, 4.69) is 15.8 Å². The van der Waals surface area contributed by atoms with E-state index >= 15 is 0 Å². The lowest BCUT2D eigenvalue weighted by Crippen LogP contribution is -2.48. The molecule has 29 heavy (non-hydrogen) atoms. The third-order valence-corrected chi connectivity index (χ3v) is 4.38. The van der Waals surface area contributed by atoms with E-state index in [-0.39, 0.29) is 11.6 Å². The van der Waals surface area contributed by atoms with Crippen LogP contribution in [0.15, 0.2) is 47.6 Å². The lowest BCUT2D eigenvalue weighted by atomic mass is 10.0. The van der Waals surface area contributed by atoms with Crippen molar-refractivity contribution in [1.82, 2.24) is 10.7 Å². The van der Waals surface area contributed by atoms with Gasteiger partial charge in [-0.2, -0.15) is 5.10 Å². The highest BCUT2D eigenvalue weighted by Gasteiger charge is 2.24. The van der Waals surface area contributed by atoms with E-state index in [9.17, 15) is 19.7 Å². The summed E-state index contributed by atoms with van der Waals surface area (Å²) in [5, 5.41) is 17.9. The topological polar surface area (TPSA) is 114 Å². The highest BCUT2D eigenvalue weighted by atomic mass is 35.5. The molecule has 2 aromatic rings. The maximum atomic E-state index is 12.5. The summed E-state index contributed by atoms with van der Waals surface area (Å²) in [7, 11) is 0. The summed E-state index contributed by atoms with van der Waals surface area (Å²) in [6, 6.07) is 10.2. The fourth-order valence-corrected chi connectivity index (χ4v) is 2.72. The van der Waals surface area contributed by atoms with Crippen LogP contribution in [0, 0.1) is 23.0 Å². The predicted octanol–water partition coefficient (Wildman–Crippen LogP) is 3.46. The van der Waals surface area contributed by atoms with Crippen molar-refractivity contribution >= 4 is 35.3 Å². The SMILES string of the molecule is Cc1ccc(C=NNC(=O)C(NC(=O)c2cccc(Cl)c2)C(C)C)cc1[N+](=O)[O-]. The number of aryl methyl sites for hydroxylation is 1. The van der Waals surface area contributed by atoms with Crippen LogP contribution in [-0.2, 0) is 4.79 Å². The number of benzene rings is 2. The van der Waals surface area contributed by atoms with Gasteiger partial charge in [0.2, 0.25) is 0 Å². The fourth-order valence-electron chi connectivity index (χ4n) is 2.53. The average molecular weight is 417 g/mol. The highest BCUT2D eigenvalue weighted by Crippen LogP contribution is 2.18. The molecule has 0 saturated heterocycles. The van der Waals surface area contributed by atoms with Crippen molar-refractivity contribution in [2.24, 2.45) is 11.0 Å². The van der Waals surface area contributed by atoms with Gasteiger partial charge in [0.25, 0.3) is 17.5 Å². The first kappa shape index (κ1) is 22.0. The molecule has 0 fully saturated rings. The molecule has 1 unspecified atom stereocenters. The van der Waals surface area contributed by atoms with Gasteiger partial charge >= 0.3 is 0 Å². The maximum Gasteiger partial charge on any atom is 0.272 e. The molecule has 8 nitrogen and oxygen atoms in total. The third-order valence-electron chi connectivity index (χ3n) is 4.14. The first-order chi connectivity index (χ1) is 13.7. The third kappa shape index (κ3) is 6.11. The van der Waals surface area contributed by atoms with Gasteiger partial charge in [-0.25, -0.2) is 5.43 Å². The van der Waals surface area contributed by atoms with E-state index in [1.807, 2.05) is 0 Å². The number of hydrogen-bond donors (Lipinski definition) is 2. The minimum absolute atomic E-state index is 0.0332. The molecule has 0 aromatic heterocycles. The van der Waals surface area contributed by atoms with Crippen LogP contribution >= 0.6 is 11.6 Å². The maximum absolute atomic E-state index is 12.5. The zero-order valence-corrected chi connectivity index (χ0v) is 16.9. The minimum Gasteiger partial charge on any atom is -0.340 e. The van der Waals surface area contributed by atoms with Gasteiger partial charge in [0.05, 0.1) is 11.1 Å². The number of carbonyl (C=O) groups is 2. The van der Waals surface area contributed by atoms with Crippen molar-refractivity contribution in [2.75, 3.05) is 0 Å². The van der Waals surface area contributed by atoms with Gasteiger partial charge in [0, 0.05) is 27.8 Å². The summed E-state index contributed by atoms with van der Waals surface area (Å²) >= 11 is 5.90. The average Bonchev–Trinajstić information content (AvgIpc) is 2.66. The molecule has 9 heteroatoms. The lowest BCUT2D eigenvalue weighted by molar-refractivity contribution is -0.385. The van der Waals surface area contributed by atoms with Gasteiger partial charge < -0.3 is 5.32 Å². The van der Waals surface area contributed by atoms with Crippen LogP contribution in [0.25, 0.3) is 0 Å². The number of hydrogen-bond acceptors (Lipinski definition) is 5. The number of nitrogens with one attached hydrogen (secondary N) is 2. The zero-order chi connectivity index (χ0) is 21.6. The minimum atomic E-state index is -0.828. The molecule has 0 saturated carbocycles. The second-order valence-corrected chi connectivity index (χ2v) is 7.18. The highest BCUT2D eigenvalue weighted by molar-refractivity contribution is 6.31. The zero-order valence-electron chi connectivity index (χ0n) is 16.2. The summed E-state index contributed by atoms with van der Waals surface area (Å²) in [5.41, 5.74) is 3.66. The van der Waals surface area contributed by atoms with Gasteiger partial charge in [-0.05, 0) is 31.0 Å². The number of nitro groups is 1. The van der Waals surface area contributed by atoms with Crippen molar-refractivity contribution in [3.63, 3.8) is 0 Å². The van der Waals surface area contributed by atoms with Gasteiger partial charge in [-0.1, -0.05) is 43.6 Å². The summed E-state index contributed by atoms with van der Waals surface area (Å²) in [5.74, 6) is -1.14. The quantitative estimate of drug-likeness (QED) is 0.408. The van der Waals surface area contributed by atoms with E-state index in [4.69, 9.17) is 11.6 Å². The summed E-state index contributed by atoms with van der Waals surface area (Å²) in [4.78, 5) is 35.4. The Morgan fingerprint density at radius 1 is 1.21 bits per heavy atom.